The molecule has 3 heterocycles. The molecule has 4 aliphatic rings. The number of nitrogens with zero attached hydrogens (tertiary/aromatic N) is 5. The molecule has 1 unspecified atom stereocenters. The van der Waals surface area contributed by atoms with E-state index in [-0.39, 0.29) is 0 Å². The van der Waals surface area contributed by atoms with Crippen molar-refractivity contribution in [1.29, 1.82) is 0 Å². The topological polar surface area (TPSA) is 54.3 Å². The lowest BCUT2D eigenvalue weighted by atomic mass is 9.95. The summed E-state index contributed by atoms with van der Waals surface area (Å²) in [6, 6.07) is 0.757. The number of hydrogen-bond donors (Lipinski definition) is 0. The van der Waals surface area contributed by atoms with Crippen LogP contribution in [0, 0.1) is 5.92 Å². The van der Waals surface area contributed by atoms with Crippen LogP contribution in [-0.2, 0) is 17.9 Å². The van der Waals surface area contributed by atoms with Gasteiger partial charge in [0.05, 0.1) is 6.54 Å². The van der Waals surface area contributed by atoms with E-state index in [0.717, 1.165) is 69.7 Å². The molecule has 28 heavy (non-hydrogen) atoms. The van der Waals surface area contributed by atoms with E-state index in [2.05, 4.69) is 24.6 Å². The Morgan fingerprint density at radius 1 is 0.893 bits per heavy atom. The molecule has 0 aromatic carbocycles. The van der Waals surface area contributed by atoms with Gasteiger partial charge in [-0.15, -0.1) is 10.2 Å². The van der Waals surface area contributed by atoms with Crippen molar-refractivity contribution in [2.45, 2.75) is 95.7 Å². The first kappa shape index (κ1) is 18.6. The molecule has 2 aliphatic carbocycles. The Balaban J connectivity index is 1.23. The lowest BCUT2D eigenvalue weighted by molar-refractivity contribution is -0.133. The van der Waals surface area contributed by atoms with E-state index in [1.54, 1.807) is 0 Å². The molecule has 0 radical (unpaired) electrons. The van der Waals surface area contributed by atoms with Crippen LogP contribution < -0.4 is 0 Å². The second-order valence-corrected chi connectivity index (χ2v) is 9.57. The van der Waals surface area contributed by atoms with Crippen molar-refractivity contribution in [2.75, 3.05) is 19.6 Å². The van der Waals surface area contributed by atoms with Crippen LogP contribution in [0.1, 0.15) is 88.2 Å². The minimum atomic E-state index is 0.362. The molecule has 3 fully saturated rings. The summed E-state index contributed by atoms with van der Waals surface area (Å²) in [4.78, 5) is 17.6. The number of amides is 1. The van der Waals surface area contributed by atoms with Crippen LogP contribution in [0.3, 0.4) is 0 Å². The van der Waals surface area contributed by atoms with Gasteiger partial charge >= 0.3 is 0 Å². The summed E-state index contributed by atoms with van der Waals surface area (Å²) in [7, 11) is 0. The molecular formula is C22H35N5O. The third-order valence-electron chi connectivity index (χ3n) is 7.73. The van der Waals surface area contributed by atoms with Crippen LogP contribution in [0.2, 0.25) is 0 Å². The van der Waals surface area contributed by atoms with E-state index < -0.39 is 0 Å². The zero-order valence-electron chi connectivity index (χ0n) is 17.2. The summed E-state index contributed by atoms with van der Waals surface area (Å²) in [5.41, 5.74) is 0. The molecule has 0 N–H and O–H groups in total. The molecule has 1 atom stereocenters. The van der Waals surface area contributed by atoms with Gasteiger partial charge in [-0.05, 0) is 44.4 Å². The van der Waals surface area contributed by atoms with Crippen LogP contribution in [0.15, 0.2) is 0 Å². The average molecular weight is 386 g/mol. The number of hydrogen-bond acceptors (Lipinski definition) is 4. The maximum atomic E-state index is 12.8. The van der Waals surface area contributed by atoms with Crippen molar-refractivity contribution >= 4 is 5.91 Å². The fraction of sp³-hybridized carbons (Fsp3) is 0.864. The van der Waals surface area contributed by atoms with E-state index in [0.29, 0.717) is 17.7 Å². The fourth-order valence-electron chi connectivity index (χ4n) is 6.09. The number of carbonyl (C=O) groups excluding carboxylic acids is 1. The van der Waals surface area contributed by atoms with Crippen molar-refractivity contribution in [1.82, 2.24) is 24.6 Å². The van der Waals surface area contributed by atoms with Gasteiger partial charge < -0.3 is 9.47 Å². The number of rotatable bonds is 4. The standard InChI is InChI=1S/C22H35N5O/c28-21(14-17-6-1-2-7-17)26-11-5-8-18(15-26)22-24-23-20-16-25(12-13-27(20)22)19-9-3-4-10-19/h17-19H,1-16H2. The normalized spacial score (nSPS) is 27.4. The van der Waals surface area contributed by atoms with Crippen molar-refractivity contribution in [2.24, 2.45) is 5.92 Å². The minimum Gasteiger partial charge on any atom is -0.342 e. The second-order valence-electron chi connectivity index (χ2n) is 9.57. The zero-order valence-corrected chi connectivity index (χ0v) is 17.2. The third kappa shape index (κ3) is 3.72. The number of likely N-dealkylation sites (tertiary alicyclic amines) is 1. The van der Waals surface area contributed by atoms with Gasteiger partial charge in [-0.1, -0.05) is 25.7 Å². The van der Waals surface area contributed by atoms with Gasteiger partial charge in [0, 0.05) is 44.6 Å². The molecule has 6 heteroatoms. The average Bonchev–Trinajstić information content (AvgIpc) is 3.48. The van der Waals surface area contributed by atoms with E-state index in [1.807, 2.05) is 0 Å². The molecule has 1 aromatic heterocycles. The van der Waals surface area contributed by atoms with Gasteiger partial charge in [-0.25, -0.2) is 0 Å². The lowest BCUT2D eigenvalue weighted by Crippen LogP contribution is -2.42. The lowest BCUT2D eigenvalue weighted by Gasteiger charge is -2.35. The Morgan fingerprint density at radius 3 is 2.50 bits per heavy atom. The first-order chi connectivity index (χ1) is 13.8. The van der Waals surface area contributed by atoms with Crippen LogP contribution in [0.4, 0.5) is 0 Å². The van der Waals surface area contributed by atoms with E-state index in [9.17, 15) is 4.79 Å². The van der Waals surface area contributed by atoms with Gasteiger partial charge in [0.2, 0.25) is 5.91 Å². The molecule has 154 valence electrons. The molecule has 1 aromatic rings. The quantitative estimate of drug-likeness (QED) is 0.798. The van der Waals surface area contributed by atoms with Gasteiger partial charge in [0.15, 0.2) is 0 Å². The summed E-state index contributed by atoms with van der Waals surface area (Å²) < 4.78 is 2.38. The molecule has 2 aliphatic heterocycles. The molecular weight excluding hydrogens is 350 g/mol. The predicted octanol–water partition coefficient (Wildman–Crippen LogP) is 3.32. The number of fused-ring (bicyclic) bond motifs is 1. The number of piperidine rings is 1. The monoisotopic (exact) mass is 385 g/mol. The first-order valence-corrected chi connectivity index (χ1v) is 11.7. The van der Waals surface area contributed by atoms with E-state index in [1.165, 1.54) is 51.4 Å². The number of aromatic nitrogens is 3. The van der Waals surface area contributed by atoms with Gasteiger partial charge in [-0.3, -0.25) is 9.69 Å². The van der Waals surface area contributed by atoms with Gasteiger partial charge in [0.25, 0.3) is 0 Å². The summed E-state index contributed by atoms with van der Waals surface area (Å²) in [6.07, 6.45) is 13.6. The Kier molecular flexibility index (Phi) is 5.40. The third-order valence-corrected chi connectivity index (χ3v) is 7.73. The van der Waals surface area contributed by atoms with E-state index >= 15 is 0 Å². The number of carbonyl (C=O) groups is 1. The Bertz CT molecular complexity index is 689. The van der Waals surface area contributed by atoms with Crippen LogP contribution in [0.25, 0.3) is 0 Å². The second kappa shape index (κ2) is 8.13. The summed E-state index contributed by atoms with van der Waals surface area (Å²) >= 11 is 0. The molecule has 1 amide bonds. The largest absolute Gasteiger partial charge is 0.342 e. The van der Waals surface area contributed by atoms with Crippen molar-refractivity contribution in [3.63, 3.8) is 0 Å². The van der Waals surface area contributed by atoms with E-state index in [4.69, 9.17) is 0 Å². The zero-order chi connectivity index (χ0) is 18.9. The highest BCUT2D eigenvalue weighted by Gasteiger charge is 2.33. The SMILES string of the molecule is O=C(CC1CCCC1)N1CCCC(c2nnc3n2CCN(C2CCCC2)C3)C1. The van der Waals surface area contributed by atoms with Crippen molar-refractivity contribution < 1.29 is 4.79 Å². The van der Waals surface area contributed by atoms with Crippen LogP contribution in [-0.4, -0.2) is 56.1 Å². The predicted molar refractivity (Wildman–Crippen MR) is 108 cm³/mol. The highest BCUT2D eigenvalue weighted by Crippen LogP contribution is 2.32. The first-order valence-electron chi connectivity index (χ1n) is 11.7. The maximum absolute atomic E-state index is 12.8. The smallest absolute Gasteiger partial charge is 0.222 e. The van der Waals surface area contributed by atoms with Crippen molar-refractivity contribution in [3.8, 4) is 0 Å². The molecule has 0 bridgehead atoms. The molecule has 6 nitrogen and oxygen atoms in total. The fourth-order valence-corrected chi connectivity index (χ4v) is 6.09. The Labute approximate surface area is 168 Å². The Morgan fingerprint density at radius 2 is 1.68 bits per heavy atom. The van der Waals surface area contributed by atoms with Gasteiger partial charge in [0.1, 0.15) is 11.6 Å². The van der Waals surface area contributed by atoms with Gasteiger partial charge in [-0.2, -0.15) is 0 Å². The summed E-state index contributed by atoms with van der Waals surface area (Å²) in [5.74, 6) is 3.65. The molecule has 2 saturated carbocycles. The molecule has 1 saturated heterocycles. The van der Waals surface area contributed by atoms with Crippen LogP contribution in [0.5, 0.6) is 0 Å². The summed E-state index contributed by atoms with van der Waals surface area (Å²) in [6.45, 7) is 4.86. The highest BCUT2D eigenvalue weighted by molar-refractivity contribution is 5.76. The molecule has 0 spiro atoms. The van der Waals surface area contributed by atoms with Crippen molar-refractivity contribution in [3.05, 3.63) is 11.6 Å². The van der Waals surface area contributed by atoms with Crippen LogP contribution >= 0.6 is 0 Å². The maximum Gasteiger partial charge on any atom is 0.222 e. The minimum absolute atomic E-state index is 0.362. The highest BCUT2D eigenvalue weighted by atomic mass is 16.2. The molecule has 5 rings (SSSR count). The Hall–Kier alpha value is -1.43. The summed E-state index contributed by atoms with van der Waals surface area (Å²) in [5, 5.41) is 9.20.